The molecule has 0 aliphatic carbocycles. The van der Waals surface area contributed by atoms with Crippen LogP contribution in [0, 0.1) is 6.92 Å². The van der Waals surface area contributed by atoms with E-state index < -0.39 is 0 Å². The second kappa shape index (κ2) is 8.25. The summed E-state index contributed by atoms with van der Waals surface area (Å²) in [7, 11) is 0. The SMILES string of the molecule is C=C(/N=C\C(=C/C)Oc1ccc2c(c1)OCCO2)Nc1cccc(C)c1. The van der Waals surface area contributed by atoms with Crippen LogP contribution in [0.2, 0.25) is 0 Å². The van der Waals surface area contributed by atoms with Crippen molar-refractivity contribution in [3.8, 4) is 17.2 Å². The van der Waals surface area contributed by atoms with Crippen LogP contribution < -0.4 is 19.5 Å². The van der Waals surface area contributed by atoms with Gasteiger partial charge in [0.25, 0.3) is 0 Å². The molecule has 0 atom stereocenters. The summed E-state index contributed by atoms with van der Waals surface area (Å²) in [6.07, 6.45) is 3.46. The normalized spacial score (nSPS) is 13.5. The van der Waals surface area contributed by atoms with Crippen molar-refractivity contribution in [3.63, 3.8) is 0 Å². The summed E-state index contributed by atoms with van der Waals surface area (Å²) in [5, 5.41) is 3.16. The van der Waals surface area contributed by atoms with Crippen molar-refractivity contribution in [2.45, 2.75) is 13.8 Å². The van der Waals surface area contributed by atoms with Crippen molar-refractivity contribution in [2.75, 3.05) is 18.5 Å². The molecule has 0 fully saturated rings. The van der Waals surface area contributed by atoms with Crippen molar-refractivity contribution in [3.05, 3.63) is 72.3 Å². The van der Waals surface area contributed by atoms with E-state index in [1.54, 1.807) is 6.21 Å². The van der Waals surface area contributed by atoms with Crippen molar-refractivity contribution in [1.82, 2.24) is 0 Å². The number of nitrogens with one attached hydrogen (secondary N) is 1. The van der Waals surface area contributed by atoms with Gasteiger partial charge in [0, 0.05) is 11.8 Å². The van der Waals surface area contributed by atoms with E-state index >= 15 is 0 Å². The summed E-state index contributed by atoms with van der Waals surface area (Å²) in [4.78, 5) is 4.32. The van der Waals surface area contributed by atoms with Gasteiger partial charge in [-0.15, -0.1) is 0 Å². The fourth-order valence-corrected chi connectivity index (χ4v) is 2.45. The Bertz CT molecular complexity index is 856. The quantitative estimate of drug-likeness (QED) is 0.606. The van der Waals surface area contributed by atoms with E-state index in [0.29, 0.717) is 36.3 Å². The zero-order chi connectivity index (χ0) is 18.4. The number of hydrogen-bond donors (Lipinski definition) is 1. The zero-order valence-corrected chi connectivity index (χ0v) is 15.0. The van der Waals surface area contributed by atoms with Gasteiger partial charge in [0.1, 0.15) is 30.5 Å². The molecule has 0 bridgehead atoms. The average Bonchev–Trinajstić information content (AvgIpc) is 2.65. The third-order valence-corrected chi connectivity index (χ3v) is 3.69. The number of anilines is 1. The van der Waals surface area contributed by atoms with Gasteiger partial charge in [-0.2, -0.15) is 0 Å². The molecule has 5 heteroatoms. The number of aliphatic imine (C=N–C) groups is 1. The molecule has 0 saturated heterocycles. The van der Waals surface area contributed by atoms with Crippen molar-refractivity contribution < 1.29 is 14.2 Å². The van der Waals surface area contributed by atoms with Crippen molar-refractivity contribution in [1.29, 1.82) is 0 Å². The van der Waals surface area contributed by atoms with Crippen LogP contribution in [0.15, 0.2) is 71.7 Å². The molecule has 3 rings (SSSR count). The van der Waals surface area contributed by atoms with Crippen LogP contribution in [-0.2, 0) is 0 Å². The van der Waals surface area contributed by atoms with E-state index in [0.717, 1.165) is 11.4 Å². The van der Waals surface area contributed by atoms with E-state index in [1.807, 2.05) is 62.4 Å². The van der Waals surface area contributed by atoms with Gasteiger partial charge in [-0.3, -0.25) is 0 Å². The monoisotopic (exact) mass is 350 g/mol. The van der Waals surface area contributed by atoms with Gasteiger partial charge in [-0.1, -0.05) is 18.7 Å². The Morgan fingerprint density at radius 1 is 1.15 bits per heavy atom. The van der Waals surface area contributed by atoms with Gasteiger partial charge in [-0.25, -0.2) is 4.99 Å². The van der Waals surface area contributed by atoms with Gasteiger partial charge in [0.2, 0.25) is 0 Å². The number of hydrogen-bond acceptors (Lipinski definition) is 5. The van der Waals surface area contributed by atoms with Crippen molar-refractivity contribution in [2.24, 2.45) is 4.99 Å². The van der Waals surface area contributed by atoms with Crippen LogP contribution in [0.25, 0.3) is 0 Å². The molecule has 0 unspecified atom stereocenters. The summed E-state index contributed by atoms with van der Waals surface area (Å²) in [5.41, 5.74) is 2.12. The molecule has 2 aromatic rings. The van der Waals surface area contributed by atoms with E-state index in [1.165, 1.54) is 5.56 Å². The third-order valence-electron chi connectivity index (χ3n) is 3.69. The molecular weight excluding hydrogens is 328 g/mol. The van der Waals surface area contributed by atoms with Gasteiger partial charge >= 0.3 is 0 Å². The highest BCUT2D eigenvalue weighted by molar-refractivity contribution is 5.78. The Balaban J connectivity index is 1.62. The Labute approximate surface area is 153 Å². The Kier molecular flexibility index (Phi) is 5.59. The van der Waals surface area contributed by atoms with E-state index in [9.17, 15) is 0 Å². The van der Waals surface area contributed by atoms with Crippen LogP contribution in [0.1, 0.15) is 12.5 Å². The minimum absolute atomic E-state index is 0.528. The molecular formula is C21H22N2O3. The lowest BCUT2D eigenvalue weighted by Crippen LogP contribution is -2.15. The zero-order valence-electron chi connectivity index (χ0n) is 15.0. The molecule has 134 valence electrons. The van der Waals surface area contributed by atoms with E-state index in [-0.39, 0.29) is 0 Å². The number of benzene rings is 2. The number of allylic oxidation sites excluding steroid dienone is 2. The standard InChI is InChI=1S/C21H22N2O3/c1-4-18(14-22-16(3)23-17-7-5-6-15(2)12-17)26-19-8-9-20-21(13-19)25-11-10-24-20/h4-9,12-14,23H,3,10-11H2,1-2H3/b18-4+,22-14-. The average molecular weight is 350 g/mol. The lowest BCUT2D eigenvalue weighted by Gasteiger charge is -2.18. The van der Waals surface area contributed by atoms with Gasteiger partial charge in [0.05, 0.1) is 6.21 Å². The highest BCUT2D eigenvalue weighted by Gasteiger charge is 2.12. The van der Waals surface area contributed by atoms with Crippen LogP contribution in [0.3, 0.4) is 0 Å². The molecule has 0 aromatic heterocycles. The topological polar surface area (TPSA) is 52.1 Å². The minimum atomic E-state index is 0.528. The molecule has 0 spiro atoms. The highest BCUT2D eigenvalue weighted by atomic mass is 16.6. The van der Waals surface area contributed by atoms with Crippen LogP contribution in [0.5, 0.6) is 17.2 Å². The maximum absolute atomic E-state index is 5.86. The smallest absolute Gasteiger partial charge is 0.165 e. The predicted molar refractivity (Wildman–Crippen MR) is 104 cm³/mol. The fraction of sp³-hybridized carbons (Fsp3) is 0.190. The van der Waals surface area contributed by atoms with Crippen LogP contribution in [0.4, 0.5) is 5.69 Å². The number of rotatable bonds is 6. The summed E-state index contributed by atoms with van der Waals surface area (Å²) in [6, 6.07) is 13.5. The van der Waals surface area contributed by atoms with Crippen LogP contribution >= 0.6 is 0 Å². The van der Waals surface area contributed by atoms with Gasteiger partial charge in [-0.05, 0) is 49.8 Å². The molecule has 1 N–H and O–H groups in total. The fourth-order valence-electron chi connectivity index (χ4n) is 2.45. The number of nitrogens with zero attached hydrogens (tertiary/aromatic N) is 1. The number of aryl methyl sites for hydroxylation is 1. The maximum atomic E-state index is 5.86. The summed E-state index contributed by atoms with van der Waals surface area (Å²) >= 11 is 0. The highest BCUT2D eigenvalue weighted by Crippen LogP contribution is 2.34. The van der Waals surface area contributed by atoms with E-state index in [2.05, 4.69) is 16.9 Å². The van der Waals surface area contributed by atoms with E-state index in [4.69, 9.17) is 14.2 Å². The summed E-state index contributed by atoms with van der Waals surface area (Å²) in [5.74, 6) is 3.21. The third kappa shape index (κ3) is 4.66. The molecule has 1 heterocycles. The molecule has 0 amide bonds. The largest absolute Gasteiger partial charge is 0.486 e. The van der Waals surface area contributed by atoms with Crippen LogP contribution in [-0.4, -0.2) is 19.4 Å². The first kappa shape index (κ1) is 17.6. The molecule has 5 nitrogen and oxygen atoms in total. The Hall–Kier alpha value is -3.21. The first-order valence-electron chi connectivity index (χ1n) is 8.44. The Morgan fingerprint density at radius 3 is 2.73 bits per heavy atom. The second-order valence-corrected chi connectivity index (χ2v) is 5.80. The van der Waals surface area contributed by atoms with Gasteiger partial charge < -0.3 is 19.5 Å². The lowest BCUT2D eigenvalue weighted by molar-refractivity contribution is 0.171. The molecule has 0 saturated carbocycles. The lowest BCUT2D eigenvalue weighted by atomic mass is 10.2. The number of ether oxygens (including phenoxy) is 3. The first-order valence-corrected chi connectivity index (χ1v) is 8.44. The maximum Gasteiger partial charge on any atom is 0.165 e. The molecule has 0 radical (unpaired) electrons. The molecule has 26 heavy (non-hydrogen) atoms. The minimum Gasteiger partial charge on any atom is -0.486 e. The predicted octanol–water partition coefficient (Wildman–Crippen LogP) is 4.70. The molecule has 1 aliphatic rings. The van der Waals surface area contributed by atoms with Crippen molar-refractivity contribution >= 4 is 11.9 Å². The van der Waals surface area contributed by atoms with Gasteiger partial charge in [0.15, 0.2) is 11.5 Å². The number of fused-ring (bicyclic) bond motifs is 1. The Morgan fingerprint density at radius 2 is 1.96 bits per heavy atom. The molecule has 2 aromatic carbocycles. The second-order valence-electron chi connectivity index (χ2n) is 5.80. The first-order chi connectivity index (χ1) is 12.6. The summed E-state index contributed by atoms with van der Waals surface area (Å²) in [6.45, 7) is 8.95. The summed E-state index contributed by atoms with van der Waals surface area (Å²) < 4.78 is 16.9. The molecule has 1 aliphatic heterocycles.